The predicted octanol–water partition coefficient (Wildman–Crippen LogP) is 2.78. The molecule has 3 rings (SSSR count). The van der Waals surface area contributed by atoms with Crippen molar-refractivity contribution in [2.24, 2.45) is 5.92 Å². The normalized spacial score (nSPS) is 20.2. The van der Waals surface area contributed by atoms with E-state index in [1.54, 1.807) is 6.07 Å². The summed E-state index contributed by atoms with van der Waals surface area (Å²) in [6, 6.07) is 3.44. The number of nitro groups is 1. The third-order valence-electron chi connectivity index (χ3n) is 3.97. The van der Waals surface area contributed by atoms with E-state index in [9.17, 15) is 10.1 Å². The summed E-state index contributed by atoms with van der Waals surface area (Å²) in [6.45, 7) is 3.91. The molecule has 0 bridgehead atoms. The Hall–Kier alpha value is -0.820. The van der Waals surface area contributed by atoms with Gasteiger partial charge in [0.25, 0.3) is 0 Å². The van der Waals surface area contributed by atoms with Crippen LogP contribution in [0.1, 0.15) is 31.1 Å². The zero-order valence-electron chi connectivity index (χ0n) is 11.7. The standard InChI is InChI=1S/C13H19N3O3.2ClH/c17-16(18)13-4-3-12(19-13)11(9-10-1-2-10)15-7-5-14-6-8-15;;/h3-4,10-11,14H,1-2,5-9H2;2*1H/t11-;;/m1../s1. The van der Waals surface area contributed by atoms with Gasteiger partial charge in [-0.2, -0.15) is 0 Å². The summed E-state index contributed by atoms with van der Waals surface area (Å²) in [5.41, 5.74) is 0. The fraction of sp³-hybridized carbons (Fsp3) is 0.692. The van der Waals surface area contributed by atoms with Crippen LogP contribution in [0.5, 0.6) is 0 Å². The van der Waals surface area contributed by atoms with E-state index < -0.39 is 4.92 Å². The minimum Gasteiger partial charge on any atom is -0.404 e. The summed E-state index contributed by atoms with van der Waals surface area (Å²) in [7, 11) is 0. The van der Waals surface area contributed by atoms with E-state index in [0.717, 1.165) is 44.3 Å². The lowest BCUT2D eigenvalue weighted by molar-refractivity contribution is -0.402. The second-order valence-electron chi connectivity index (χ2n) is 5.41. The lowest BCUT2D eigenvalue weighted by atomic mass is 10.1. The van der Waals surface area contributed by atoms with Gasteiger partial charge in [0.05, 0.1) is 12.1 Å². The largest absolute Gasteiger partial charge is 0.433 e. The highest BCUT2D eigenvalue weighted by Gasteiger charge is 2.32. The van der Waals surface area contributed by atoms with Crippen LogP contribution >= 0.6 is 24.8 Å². The molecule has 0 radical (unpaired) electrons. The molecule has 1 saturated heterocycles. The van der Waals surface area contributed by atoms with E-state index in [4.69, 9.17) is 4.42 Å². The van der Waals surface area contributed by atoms with Gasteiger partial charge in [0.2, 0.25) is 0 Å². The Kier molecular flexibility index (Phi) is 6.93. The van der Waals surface area contributed by atoms with Crippen LogP contribution in [-0.4, -0.2) is 36.0 Å². The molecule has 0 amide bonds. The van der Waals surface area contributed by atoms with E-state index in [1.165, 1.54) is 18.9 Å². The molecule has 1 aliphatic heterocycles. The smallest absolute Gasteiger partial charge is 0.404 e. The minimum absolute atomic E-state index is 0. The maximum Gasteiger partial charge on any atom is 0.433 e. The highest BCUT2D eigenvalue weighted by atomic mass is 35.5. The van der Waals surface area contributed by atoms with Crippen LogP contribution in [0.2, 0.25) is 0 Å². The van der Waals surface area contributed by atoms with Gasteiger partial charge in [-0.05, 0) is 18.4 Å². The first-order valence-electron chi connectivity index (χ1n) is 6.93. The highest BCUT2D eigenvalue weighted by Crippen LogP contribution is 2.41. The first-order valence-corrected chi connectivity index (χ1v) is 6.93. The molecule has 1 aromatic heterocycles. The second kappa shape index (κ2) is 7.98. The fourth-order valence-corrected chi connectivity index (χ4v) is 2.73. The van der Waals surface area contributed by atoms with Crippen LogP contribution in [0.3, 0.4) is 0 Å². The molecule has 0 unspecified atom stereocenters. The zero-order valence-corrected chi connectivity index (χ0v) is 13.3. The number of piperazine rings is 1. The lowest BCUT2D eigenvalue weighted by Crippen LogP contribution is -2.45. The van der Waals surface area contributed by atoms with Crippen LogP contribution in [0, 0.1) is 16.0 Å². The number of furan rings is 1. The van der Waals surface area contributed by atoms with Gasteiger partial charge in [0.1, 0.15) is 10.7 Å². The van der Waals surface area contributed by atoms with E-state index >= 15 is 0 Å². The number of nitrogens with one attached hydrogen (secondary N) is 1. The van der Waals surface area contributed by atoms with Crippen molar-refractivity contribution in [3.8, 4) is 0 Å². The van der Waals surface area contributed by atoms with Crippen molar-refractivity contribution in [1.29, 1.82) is 0 Å². The summed E-state index contributed by atoms with van der Waals surface area (Å²) in [4.78, 5) is 12.7. The zero-order chi connectivity index (χ0) is 13.2. The van der Waals surface area contributed by atoms with Gasteiger partial charge in [-0.15, -0.1) is 24.8 Å². The van der Waals surface area contributed by atoms with E-state index in [1.807, 2.05) is 0 Å². The molecule has 21 heavy (non-hydrogen) atoms. The Bertz CT molecular complexity index is 459. The SMILES string of the molecule is Cl.Cl.O=[N+]([O-])c1ccc([C@@H](CC2CC2)N2CCNCC2)o1. The molecule has 2 heterocycles. The van der Waals surface area contributed by atoms with Crippen molar-refractivity contribution in [3.63, 3.8) is 0 Å². The van der Waals surface area contributed by atoms with Crippen molar-refractivity contribution in [2.45, 2.75) is 25.3 Å². The van der Waals surface area contributed by atoms with Gasteiger partial charge in [-0.3, -0.25) is 15.0 Å². The highest BCUT2D eigenvalue weighted by molar-refractivity contribution is 5.85. The number of halogens is 2. The Balaban J connectivity index is 0.00000110. The molecule has 1 aromatic rings. The van der Waals surface area contributed by atoms with Crippen molar-refractivity contribution < 1.29 is 9.34 Å². The Morgan fingerprint density at radius 1 is 1.33 bits per heavy atom. The second-order valence-corrected chi connectivity index (χ2v) is 5.41. The summed E-state index contributed by atoms with van der Waals surface area (Å²) in [5, 5.41) is 14.1. The first kappa shape index (κ1) is 18.2. The molecule has 0 spiro atoms. The summed E-state index contributed by atoms with van der Waals surface area (Å²) >= 11 is 0. The van der Waals surface area contributed by atoms with Crippen molar-refractivity contribution >= 4 is 30.7 Å². The predicted molar refractivity (Wildman–Crippen MR) is 84.4 cm³/mol. The number of hydrogen-bond donors (Lipinski definition) is 1. The molecule has 1 aliphatic carbocycles. The van der Waals surface area contributed by atoms with E-state index in [0.29, 0.717) is 0 Å². The molecular weight excluding hydrogens is 317 g/mol. The molecule has 0 aromatic carbocycles. The van der Waals surface area contributed by atoms with E-state index in [2.05, 4.69) is 10.2 Å². The monoisotopic (exact) mass is 337 g/mol. The molecule has 2 aliphatic rings. The molecule has 1 N–H and O–H groups in total. The summed E-state index contributed by atoms with van der Waals surface area (Å²) in [6.07, 6.45) is 3.63. The van der Waals surface area contributed by atoms with Crippen LogP contribution < -0.4 is 5.32 Å². The van der Waals surface area contributed by atoms with Crippen LogP contribution in [0.25, 0.3) is 0 Å². The third kappa shape index (κ3) is 4.57. The average molecular weight is 338 g/mol. The lowest BCUT2D eigenvalue weighted by Gasteiger charge is -2.33. The summed E-state index contributed by atoms with van der Waals surface area (Å²) < 4.78 is 5.43. The van der Waals surface area contributed by atoms with Gasteiger partial charge in [-0.25, -0.2) is 0 Å². The third-order valence-corrected chi connectivity index (χ3v) is 3.97. The average Bonchev–Trinajstić information content (AvgIpc) is 3.11. The van der Waals surface area contributed by atoms with Crippen LogP contribution in [-0.2, 0) is 0 Å². The summed E-state index contributed by atoms with van der Waals surface area (Å²) in [5.74, 6) is 1.37. The van der Waals surface area contributed by atoms with Crippen molar-refractivity contribution in [1.82, 2.24) is 10.2 Å². The molecule has 1 saturated carbocycles. The Morgan fingerprint density at radius 3 is 2.52 bits per heavy atom. The quantitative estimate of drug-likeness (QED) is 0.660. The van der Waals surface area contributed by atoms with Gasteiger partial charge < -0.3 is 9.73 Å². The Morgan fingerprint density at radius 2 is 2.00 bits per heavy atom. The van der Waals surface area contributed by atoms with E-state index in [-0.39, 0.29) is 36.7 Å². The molecular formula is C13H21Cl2N3O3. The molecule has 2 fully saturated rings. The maximum atomic E-state index is 10.7. The first-order chi connectivity index (χ1) is 9.24. The van der Waals surface area contributed by atoms with Crippen molar-refractivity contribution in [2.75, 3.05) is 26.2 Å². The Labute approximate surface area is 136 Å². The van der Waals surface area contributed by atoms with Gasteiger partial charge >= 0.3 is 5.88 Å². The number of rotatable bonds is 5. The minimum atomic E-state index is -0.463. The van der Waals surface area contributed by atoms with Gasteiger partial charge in [0, 0.05) is 26.2 Å². The number of nitrogens with zero attached hydrogens (tertiary/aromatic N) is 2. The fourth-order valence-electron chi connectivity index (χ4n) is 2.73. The number of hydrogen-bond acceptors (Lipinski definition) is 5. The molecule has 120 valence electrons. The molecule has 8 heteroatoms. The molecule has 1 atom stereocenters. The van der Waals surface area contributed by atoms with Crippen molar-refractivity contribution in [3.05, 3.63) is 28.0 Å². The van der Waals surface area contributed by atoms with Crippen LogP contribution in [0.15, 0.2) is 16.5 Å². The topological polar surface area (TPSA) is 71.6 Å². The van der Waals surface area contributed by atoms with Gasteiger partial charge in [0.15, 0.2) is 0 Å². The van der Waals surface area contributed by atoms with Gasteiger partial charge in [-0.1, -0.05) is 12.8 Å². The molecule has 6 nitrogen and oxygen atoms in total. The van der Waals surface area contributed by atoms with Crippen LogP contribution in [0.4, 0.5) is 5.88 Å². The maximum absolute atomic E-state index is 10.7.